The summed E-state index contributed by atoms with van der Waals surface area (Å²) >= 11 is 0. The van der Waals surface area contributed by atoms with Crippen molar-refractivity contribution in [2.45, 2.75) is 6.18 Å². The van der Waals surface area contributed by atoms with Gasteiger partial charge in [-0.05, 0) is 23.8 Å². The van der Waals surface area contributed by atoms with Crippen LogP contribution in [0.15, 0.2) is 42.5 Å². The van der Waals surface area contributed by atoms with E-state index in [1.54, 1.807) is 6.07 Å². The maximum atomic E-state index is 13.8. The molecule has 0 aliphatic heterocycles. The highest BCUT2D eigenvalue weighted by Gasteiger charge is 2.30. The number of nitriles is 1. The number of alkyl halides is 3. The summed E-state index contributed by atoms with van der Waals surface area (Å²) in [5.74, 6) is -0.732. The average Bonchev–Trinajstić information content (AvgIpc) is 2.38. The zero-order valence-electron chi connectivity index (χ0n) is 9.50. The number of hydrogen-bond donors (Lipinski definition) is 0. The van der Waals surface area contributed by atoms with Gasteiger partial charge in [-0.3, -0.25) is 0 Å². The van der Waals surface area contributed by atoms with Crippen molar-refractivity contribution < 1.29 is 17.6 Å². The van der Waals surface area contributed by atoms with Crippen molar-refractivity contribution in [1.82, 2.24) is 0 Å². The molecule has 5 heteroatoms. The zero-order valence-corrected chi connectivity index (χ0v) is 9.50. The first kappa shape index (κ1) is 13.1. The molecule has 2 aromatic rings. The summed E-state index contributed by atoms with van der Waals surface area (Å²) in [5, 5.41) is 8.70. The Balaban J connectivity index is 2.47. The molecule has 0 N–H and O–H groups in total. The SMILES string of the molecule is N#Cc1cccc(-c2ccc(C(F)(F)F)cc2)c1F. The van der Waals surface area contributed by atoms with E-state index in [-0.39, 0.29) is 11.1 Å². The number of nitrogens with zero attached hydrogens (tertiary/aromatic N) is 1. The summed E-state index contributed by atoms with van der Waals surface area (Å²) in [6.45, 7) is 0. The van der Waals surface area contributed by atoms with E-state index in [0.717, 1.165) is 12.1 Å². The van der Waals surface area contributed by atoms with Crippen molar-refractivity contribution in [2.24, 2.45) is 0 Å². The van der Waals surface area contributed by atoms with Crippen LogP contribution in [-0.2, 0) is 6.18 Å². The first-order valence-corrected chi connectivity index (χ1v) is 5.29. The van der Waals surface area contributed by atoms with Crippen LogP contribution in [0, 0.1) is 17.1 Å². The smallest absolute Gasteiger partial charge is 0.205 e. The highest BCUT2D eigenvalue weighted by molar-refractivity contribution is 5.66. The van der Waals surface area contributed by atoms with E-state index in [9.17, 15) is 17.6 Å². The second-order valence-electron chi connectivity index (χ2n) is 3.85. The van der Waals surface area contributed by atoms with Gasteiger partial charge in [-0.1, -0.05) is 24.3 Å². The molecule has 0 aliphatic carbocycles. The van der Waals surface area contributed by atoms with Crippen LogP contribution < -0.4 is 0 Å². The van der Waals surface area contributed by atoms with Gasteiger partial charge in [0.1, 0.15) is 11.9 Å². The minimum absolute atomic E-state index is 0.104. The van der Waals surface area contributed by atoms with Gasteiger partial charge in [-0.25, -0.2) is 4.39 Å². The third kappa shape index (κ3) is 2.58. The Hall–Kier alpha value is -2.35. The Labute approximate surface area is 106 Å². The van der Waals surface area contributed by atoms with Crippen LogP contribution in [0.25, 0.3) is 11.1 Å². The standard InChI is InChI=1S/C14H7F4N/c15-13-10(8-19)2-1-3-12(13)9-4-6-11(7-5-9)14(16,17)18/h1-7H. The minimum Gasteiger partial charge on any atom is -0.205 e. The van der Waals surface area contributed by atoms with Gasteiger partial charge in [0.2, 0.25) is 0 Å². The van der Waals surface area contributed by atoms with Crippen LogP contribution >= 0.6 is 0 Å². The predicted molar refractivity (Wildman–Crippen MR) is 61.6 cm³/mol. The second-order valence-corrected chi connectivity index (χ2v) is 3.85. The van der Waals surface area contributed by atoms with E-state index in [4.69, 9.17) is 5.26 Å². The molecule has 2 aromatic carbocycles. The van der Waals surface area contributed by atoms with Crippen molar-refractivity contribution in [2.75, 3.05) is 0 Å². The second kappa shape index (κ2) is 4.73. The lowest BCUT2D eigenvalue weighted by molar-refractivity contribution is -0.137. The monoisotopic (exact) mass is 265 g/mol. The van der Waals surface area contributed by atoms with E-state index in [2.05, 4.69) is 0 Å². The molecule has 0 atom stereocenters. The maximum Gasteiger partial charge on any atom is 0.416 e. The normalized spacial score (nSPS) is 11.1. The molecule has 0 radical (unpaired) electrons. The fourth-order valence-corrected chi connectivity index (χ4v) is 1.68. The van der Waals surface area contributed by atoms with E-state index < -0.39 is 17.6 Å². The van der Waals surface area contributed by atoms with Crippen LogP contribution in [0.2, 0.25) is 0 Å². The van der Waals surface area contributed by atoms with E-state index in [1.165, 1.54) is 30.3 Å². The van der Waals surface area contributed by atoms with Crippen molar-refractivity contribution in [3.05, 3.63) is 59.4 Å². The third-order valence-electron chi connectivity index (χ3n) is 2.64. The van der Waals surface area contributed by atoms with Gasteiger partial charge in [0.05, 0.1) is 11.1 Å². The van der Waals surface area contributed by atoms with Gasteiger partial charge < -0.3 is 0 Å². The number of halogens is 4. The van der Waals surface area contributed by atoms with Gasteiger partial charge in [0.25, 0.3) is 0 Å². The summed E-state index contributed by atoms with van der Waals surface area (Å²) in [6.07, 6.45) is -4.43. The molecule has 96 valence electrons. The molecular weight excluding hydrogens is 258 g/mol. The molecule has 0 saturated carbocycles. The van der Waals surface area contributed by atoms with Crippen LogP contribution in [-0.4, -0.2) is 0 Å². The lowest BCUT2D eigenvalue weighted by Gasteiger charge is -2.08. The highest BCUT2D eigenvalue weighted by Crippen LogP contribution is 2.31. The Kier molecular flexibility index (Phi) is 3.26. The summed E-state index contributed by atoms with van der Waals surface area (Å²) in [7, 11) is 0. The molecule has 0 aromatic heterocycles. The Bertz CT molecular complexity index is 636. The number of rotatable bonds is 1. The predicted octanol–water partition coefficient (Wildman–Crippen LogP) is 4.38. The first-order chi connectivity index (χ1) is 8.93. The van der Waals surface area contributed by atoms with Gasteiger partial charge in [0.15, 0.2) is 0 Å². The fourth-order valence-electron chi connectivity index (χ4n) is 1.68. The molecule has 0 fully saturated rings. The van der Waals surface area contributed by atoms with Gasteiger partial charge in [-0.15, -0.1) is 0 Å². The summed E-state index contributed by atoms with van der Waals surface area (Å²) in [4.78, 5) is 0. The lowest BCUT2D eigenvalue weighted by Crippen LogP contribution is -2.04. The quantitative estimate of drug-likeness (QED) is 0.702. The van der Waals surface area contributed by atoms with Crippen LogP contribution in [0.4, 0.5) is 17.6 Å². The van der Waals surface area contributed by atoms with Gasteiger partial charge in [-0.2, -0.15) is 18.4 Å². The van der Waals surface area contributed by atoms with E-state index in [1.807, 2.05) is 0 Å². The Morgan fingerprint density at radius 1 is 0.947 bits per heavy atom. The lowest BCUT2D eigenvalue weighted by atomic mass is 10.0. The molecule has 0 spiro atoms. The van der Waals surface area contributed by atoms with Crippen molar-refractivity contribution in [1.29, 1.82) is 5.26 Å². The topological polar surface area (TPSA) is 23.8 Å². The summed E-state index contributed by atoms with van der Waals surface area (Å²) in [5.41, 5.74) is -0.541. The van der Waals surface area contributed by atoms with Crippen molar-refractivity contribution >= 4 is 0 Å². The molecule has 19 heavy (non-hydrogen) atoms. The molecule has 0 aliphatic rings. The van der Waals surface area contributed by atoms with Crippen molar-refractivity contribution in [3.8, 4) is 17.2 Å². The van der Waals surface area contributed by atoms with Gasteiger partial charge >= 0.3 is 6.18 Å². The Morgan fingerprint density at radius 3 is 2.11 bits per heavy atom. The molecule has 0 saturated heterocycles. The molecule has 1 nitrogen and oxygen atoms in total. The van der Waals surface area contributed by atoms with Gasteiger partial charge in [0, 0.05) is 5.56 Å². The summed E-state index contributed by atoms with van der Waals surface area (Å²) in [6, 6.07) is 10.0. The van der Waals surface area contributed by atoms with E-state index in [0.29, 0.717) is 5.56 Å². The van der Waals surface area contributed by atoms with E-state index >= 15 is 0 Å². The number of benzene rings is 2. The third-order valence-corrected chi connectivity index (χ3v) is 2.64. The average molecular weight is 265 g/mol. The fraction of sp³-hybridized carbons (Fsp3) is 0.0714. The largest absolute Gasteiger partial charge is 0.416 e. The maximum absolute atomic E-state index is 13.8. The molecule has 0 heterocycles. The molecule has 0 amide bonds. The van der Waals surface area contributed by atoms with Crippen LogP contribution in [0.5, 0.6) is 0 Å². The minimum atomic E-state index is -4.43. The summed E-state index contributed by atoms with van der Waals surface area (Å²) < 4.78 is 51.1. The molecule has 0 unspecified atom stereocenters. The zero-order chi connectivity index (χ0) is 14.0. The first-order valence-electron chi connectivity index (χ1n) is 5.29. The number of hydrogen-bond acceptors (Lipinski definition) is 1. The molecule has 2 rings (SSSR count). The van der Waals surface area contributed by atoms with Crippen molar-refractivity contribution in [3.63, 3.8) is 0 Å². The van der Waals surface area contributed by atoms with Crippen LogP contribution in [0.1, 0.15) is 11.1 Å². The highest BCUT2D eigenvalue weighted by atomic mass is 19.4. The molecular formula is C14H7F4N. The van der Waals surface area contributed by atoms with Crippen LogP contribution in [0.3, 0.4) is 0 Å². The molecule has 0 bridgehead atoms. The Morgan fingerprint density at radius 2 is 1.58 bits per heavy atom.